The van der Waals surface area contributed by atoms with Crippen molar-refractivity contribution in [3.05, 3.63) is 0 Å². The number of fused-ring (bicyclic) bond motifs is 5. The Morgan fingerprint density at radius 2 is 1.67 bits per heavy atom. The monoisotopic (exact) mass is 416 g/mol. The fourth-order valence-electron chi connectivity index (χ4n) is 9.24. The van der Waals surface area contributed by atoms with Crippen molar-refractivity contribution in [1.82, 2.24) is 0 Å². The normalized spacial score (nSPS) is 47.0. The van der Waals surface area contributed by atoms with Crippen LogP contribution in [0.2, 0.25) is 0 Å². The molecule has 0 N–H and O–H groups in total. The zero-order valence-electron chi connectivity index (χ0n) is 20.7. The number of Topliss-reactive ketones (excluding diaryl/α,β-unsaturated/α-hetero) is 1. The predicted octanol–water partition coefficient (Wildman–Crippen LogP) is 7.30. The van der Waals surface area contributed by atoms with E-state index in [2.05, 4.69) is 34.6 Å². The highest BCUT2D eigenvalue weighted by Crippen LogP contribution is 2.67. The second-order valence-electron chi connectivity index (χ2n) is 12.8. The first-order valence-electron chi connectivity index (χ1n) is 13.3. The summed E-state index contributed by atoms with van der Waals surface area (Å²) in [7, 11) is 1.83. The Labute approximate surface area is 186 Å². The van der Waals surface area contributed by atoms with Gasteiger partial charge < -0.3 is 4.74 Å². The van der Waals surface area contributed by atoms with E-state index in [9.17, 15) is 4.79 Å². The van der Waals surface area contributed by atoms with Crippen molar-refractivity contribution in [1.29, 1.82) is 0 Å². The minimum atomic E-state index is 0.233. The molecule has 0 bridgehead atoms. The molecule has 0 aromatic heterocycles. The molecule has 0 heterocycles. The van der Waals surface area contributed by atoms with Crippen LogP contribution in [0.15, 0.2) is 0 Å². The Bertz CT molecular complexity index is 626. The summed E-state index contributed by atoms with van der Waals surface area (Å²) in [6.07, 6.45) is 14.2. The second kappa shape index (κ2) is 8.53. The molecule has 4 fully saturated rings. The van der Waals surface area contributed by atoms with Gasteiger partial charge in [-0.15, -0.1) is 0 Å². The Hall–Kier alpha value is -0.370. The summed E-state index contributed by atoms with van der Waals surface area (Å²) in [6.45, 7) is 12.4. The van der Waals surface area contributed by atoms with E-state index < -0.39 is 0 Å². The van der Waals surface area contributed by atoms with Gasteiger partial charge in [0, 0.05) is 19.4 Å². The highest BCUT2D eigenvalue weighted by atomic mass is 16.5. The molecule has 0 radical (unpaired) electrons. The van der Waals surface area contributed by atoms with Crippen LogP contribution >= 0.6 is 0 Å². The molecular weight excluding hydrogens is 368 g/mol. The van der Waals surface area contributed by atoms with Crippen molar-refractivity contribution in [2.75, 3.05) is 7.11 Å². The van der Waals surface area contributed by atoms with E-state index in [1.807, 2.05) is 7.11 Å². The van der Waals surface area contributed by atoms with E-state index in [-0.39, 0.29) is 11.3 Å². The lowest BCUT2D eigenvalue weighted by Gasteiger charge is -2.60. The van der Waals surface area contributed by atoms with Gasteiger partial charge in [-0.1, -0.05) is 53.9 Å². The van der Waals surface area contributed by atoms with Gasteiger partial charge in [0.1, 0.15) is 5.78 Å². The molecule has 0 aromatic rings. The van der Waals surface area contributed by atoms with Crippen LogP contribution in [0.25, 0.3) is 0 Å². The Morgan fingerprint density at radius 3 is 2.37 bits per heavy atom. The van der Waals surface area contributed by atoms with Crippen LogP contribution in [0.1, 0.15) is 105 Å². The first kappa shape index (κ1) is 22.8. The molecule has 4 aliphatic carbocycles. The van der Waals surface area contributed by atoms with Crippen LogP contribution in [-0.4, -0.2) is 19.0 Å². The van der Waals surface area contributed by atoms with Crippen molar-refractivity contribution < 1.29 is 9.53 Å². The Balaban J connectivity index is 1.50. The maximum absolute atomic E-state index is 13.4. The van der Waals surface area contributed by atoms with Crippen molar-refractivity contribution in [3.8, 4) is 0 Å². The summed E-state index contributed by atoms with van der Waals surface area (Å²) in [5.41, 5.74) is 0.711. The van der Waals surface area contributed by atoms with Gasteiger partial charge in [0.05, 0.1) is 6.10 Å². The third-order valence-electron chi connectivity index (χ3n) is 10.9. The van der Waals surface area contributed by atoms with Gasteiger partial charge in [-0.05, 0) is 91.3 Å². The van der Waals surface area contributed by atoms with Gasteiger partial charge in [-0.2, -0.15) is 0 Å². The number of hydrogen-bond acceptors (Lipinski definition) is 2. The average molecular weight is 417 g/mol. The summed E-state index contributed by atoms with van der Waals surface area (Å²) in [5, 5.41) is 0. The van der Waals surface area contributed by atoms with E-state index >= 15 is 0 Å². The molecule has 0 saturated heterocycles. The largest absolute Gasteiger partial charge is 0.381 e. The molecule has 2 unspecified atom stereocenters. The van der Waals surface area contributed by atoms with E-state index in [0.29, 0.717) is 23.2 Å². The van der Waals surface area contributed by atoms with Gasteiger partial charge in [-0.3, -0.25) is 4.79 Å². The van der Waals surface area contributed by atoms with Gasteiger partial charge in [0.25, 0.3) is 0 Å². The Kier molecular flexibility index (Phi) is 6.48. The van der Waals surface area contributed by atoms with Crippen LogP contribution in [-0.2, 0) is 9.53 Å². The topological polar surface area (TPSA) is 26.3 Å². The number of carbonyl (C=O) groups is 1. The van der Waals surface area contributed by atoms with Crippen LogP contribution in [0.4, 0.5) is 0 Å². The third kappa shape index (κ3) is 3.71. The van der Waals surface area contributed by atoms with Gasteiger partial charge in [0.2, 0.25) is 0 Å². The lowest BCUT2D eigenvalue weighted by molar-refractivity contribution is -0.161. The summed E-state index contributed by atoms with van der Waals surface area (Å²) < 4.78 is 5.69. The number of carbonyl (C=O) groups excluding carboxylic acids is 1. The number of hydrogen-bond donors (Lipinski definition) is 0. The maximum atomic E-state index is 13.4. The molecule has 0 aromatic carbocycles. The number of methoxy groups -OCH3 is 1. The number of ketones is 1. The van der Waals surface area contributed by atoms with E-state index in [0.717, 1.165) is 48.9 Å². The lowest BCUT2D eigenvalue weighted by Crippen LogP contribution is -2.57. The van der Waals surface area contributed by atoms with Gasteiger partial charge in [-0.25, -0.2) is 0 Å². The molecule has 0 aliphatic heterocycles. The first-order valence-corrected chi connectivity index (χ1v) is 13.3. The number of ether oxygens (including phenoxy) is 1. The molecule has 4 saturated carbocycles. The smallest absolute Gasteiger partial charge is 0.136 e. The highest BCUT2D eigenvalue weighted by Gasteiger charge is 2.62. The third-order valence-corrected chi connectivity index (χ3v) is 10.9. The van der Waals surface area contributed by atoms with Crippen LogP contribution in [0.3, 0.4) is 0 Å². The lowest BCUT2D eigenvalue weighted by atomic mass is 9.44. The van der Waals surface area contributed by atoms with Crippen LogP contribution in [0.5, 0.6) is 0 Å². The van der Waals surface area contributed by atoms with Crippen LogP contribution < -0.4 is 0 Å². The molecule has 4 aliphatic rings. The molecule has 4 rings (SSSR count). The predicted molar refractivity (Wildman–Crippen MR) is 124 cm³/mol. The van der Waals surface area contributed by atoms with Crippen molar-refractivity contribution in [3.63, 3.8) is 0 Å². The molecular formula is C28H48O2. The molecule has 30 heavy (non-hydrogen) atoms. The molecule has 172 valence electrons. The minimum absolute atomic E-state index is 0.233. The first-order chi connectivity index (χ1) is 14.2. The number of rotatable bonds is 6. The van der Waals surface area contributed by atoms with Crippen LogP contribution in [0, 0.1) is 52.3 Å². The summed E-state index contributed by atoms with van der Waals surface area (Å²) in [6, 6.07) is 0. The molecule has 0 amide bonds. The SMILES string of the molecule is COC1CC[C@@]2(C)C(C1)C(=O)C[C@H]1[C@@H]3CC[C@H]([C@H](C)CCCC(C)C)[C@@]3(C)CC[C@@H]12. The molecule has 2 heteroatoms. The molecule has 9 atom stereocenters. The van der Waals surface area contributed by atoms with E-state index in [4.69, 9.17) is 4.74 Å². The van der Waals surface area contributed by atoms with Crippen molar-refractivity contribution >= 4 is 5.78 Å². The highest BCUT2D eigenvalue weighted by molar-refractivity contribution is 5.83. The zero-order valence-corrected chi connectivity index (χ0v) is 20.7. The standard InChI is InChI=1S/C28H48O2/c1-18(2)8-7-9-19(3)22-10-11-23-21-17-26(29)25-16-20(30-6)12-14-28(25,5)24(21)13-15-27(22,23)4/h18-25H,7-17H2,1-6H3/t19-,20?,21+,22-,23+,24+,25?,27-,28-/m1/s1. The molecule has 0 spiro atoms. The van der Waals surface area contributed by atoms with E-state index in [1.165, 1.54) is 51.4 Å². The summed E-state index contributed by atoms with van der Waals surface area (Å²) >= 11 is 0. The summed E-state index contributed by atoms with van der Waals surface area (Å²) in [5.74, 6) is 5.60. The average Bonchev–Trinajstić information content (AvgIpc) is 3.05. The quantitative estimate of drug-likeness (QED) is 0.454. The van der Waals surface area contributed by atoms with Gasteiger partial charge >= 0.3 is 0 Å². The van der Waals surface area contributed by atoms with E-state index in [1.54, 1.807) is 0 Å². The fourth-order valence-corrected chi connectivity index (χ4v) is 9.24. The second-order valence-corrected chi connectivity index (χ2v) is 12.8. The Morgan fingerprint density at radius 1 is 0.967 bits per heavy atom. The minimum Gasteiger partial charge on any atom is -0.381 e. The fraction of sp³-hybridized carbons (Fsp3) is 0.964. The maximum Gasteiger partial charge on any atom is 0.136 e. The van der Waals surface area contributed by atoms with Gasteiger partial charge in [0.15, 0.2) is 0 Å². The summed E-state index contributed by atoms with van der Waals surface area (Å²) in [4.78, 5) is 13.4. The molecule has 2 nitrogen and oxygen atoms in total. The van der Waals surface area contributed by atoms with Crippen molar-refractivity contribution in [2.45, 2.75) is 111 Å². The van der Waals surface area contributed by atoms with Crippen molar-refractivity contribution in [2.24, 2.45) is 52.3 Å². The zero-order chi connectivity index (χ0) is 21.7.